The van der Waals surface area contributed by atoms with E-state index in [9.17, 15) is 13.2 Å². The first-order valence-electron chi connectivity index (χ1n) is 6.54. The molecule has 0 atom stereocenters. The van der Waals surface area contributed by atoms with Crippen LogP contribution in [0, 0.1) is 0 Å². The Labute approximate surface area is 111 Å². The number of nitrogens with zero attached hydrogens (tertiary/aromatic N) is 1. The van der Waals surface area contributed by atoms with Crippen molar-refractivity contribution < 1.29 is 13.2 Å². The number of hydrogen-bond donors (Lipinski definition) is 1. The highest BCUT2D eigenvalue weighted by Crippen LogP contribution is 2.32. The first-order chi connectivity index (χ1) is 8.97. The second-order valence-electron chi connectivity index (χ2n) is 5.12. The number of likely N-dealkylation sites (N-methyl/N-ethyl adjacent to an activating group) is 1. The lowest BCUT2D eigenvalue weighted by Crippen LogP contribution is -2.30. The van der Waals surface area contributed by atoms with Crippen LogP contribution in [0.15, 0.2) is 24.3 Å². The second-order valence-corrected chi connectivity index (χ2v) is 5.12. The Morgan fingerprint density at radius 1 is 1.26 bits per heavy atom. The fourth-order valence-corrected chi connectivity index (χ4v) is 2.05. The average molecular weight is 272 g/mol. The molecule has 5 heteroatoms. The zero-order valence-corrected chi connectivity index (χ0v) is 11.0. The molecule has 1 aliphatic carbocycles. The van der Waals surface area contributed by atoms with Crippen molar-refractivity contribution >= 4 is 0 Å². The molecule has 0 spiro atoms. The highest BCUT2D eigenvalue weighted by atomic mass is 19.4. The Morgan fingerprint density at radius 2 is 1.95 bits per heavy atom. The monoisotopic (exact) mass is 272 g/mol. The van der Waals surface area contributed by atoms with Gasteiger partial charge in [-0.25, -0.2) is 0 Å². The molecule has 0 aliphatic heterocycles. The fourth-order valence-electron chi connectivity index (χ4n) is 2.05. The van der Waals surface area contributed by atoms with Gasteiger partial charge in [0.25, 0.3) is 0 Å². The predicted octanol–water partition coefficient (Wildman–Crippen LogP) is 2.89. The Kier molecular flexibility index (Phi) is 4.47. The first-order valence-corrected chi connectivity index (χ1v) is 6.54. The van der Waals surface area contributed by atoms with Gasteiger partial charge in [-0.3, -0.25) is 0 Å². The topological polar surface area (TPSA) is 15.3 Å². The van der Waals surface area contributed by atoms with Crippen molar-refractivity contribution in [2.75, 3.05) is 20.1 Å². The van der Waals surface area contributed by atoms with Gasteiger partial charge in [0.05, 0.1) is 5.56 Å². The fraction of sp³-hybridized carbons (Fsp3) is 0.571. The Balaban J connectivity index is 1.89. The molecule has 1 N–H and O–H groups in total. The van der Waals surface area contributed by atoms with Crippen LogP contribution >= 0.6 is 0 Å². The first kappa shape index (κ1) is 14.3. The number of hydrogen-bond acceptors (Lipinski definition) is 2. The average Bonchev–Trinajstić information content (AvgIpc) is 3.12. The largest absolute Gasteiger partial charge is 0.416 e. The number of rotatable bonds is 6. The van der Waals surface area contributed by atoms with E-state index >= 15 is 0 Å². The van der Waals surface area contributed by atoms with E-state index < -0.39 is 11.7 Å². The van der Waals surface area contributed by atoms with Crippen molar-refractivity contribution in [1.29, 1.82) is 0 Å². The van der Waals surface area contributed by atoms with Crippen LogP contribution in [-0.4, -0.2) is 31.1 Å². The molecule has 0 amide bonds. The Morgan fingerprint density at radius 3 is 2.58 bits per heavy atom. The molecule has 1 fully saturated rings. The molecule has 0 heterocycles. The molecule has 0 radical (unpaired) electrons. The van der Waals surface area contributed by atoms with Crippen molar-refractivity contribution in [2.24, 2.45) is 0 Å². The number of nitrogens with one attached hydrogen (secondary N) is 1. The number of alkyl halides is 3. The molecule has 1 saturated carbocycles. The summed E-state index contributed by atoms with van der Waals surface area (Å²) in [6, 6.07) is 6.41. The van der Waals surface area contributed by atoms with Gasteiger partial charge >= 0.3 is 6.18 Å². The van der Waals surface area contributed by atoms with Crippen LogP contribution in [-0.2, 0) is 12.7 Å². The molecule has 0 aromatic heterocycles. The summed E-state index contributed by atoms with van der Waals surface area (Å²) in [6.45, 7) is 1.90. The van der Waals surface area contributed by atoms with Gasteiger partial charge in [-0.05, 0) is 31.5 Å². The molecule has 0 bridgehead atoms. The summed E-state index contributed by atoms with van der Waals surface area (Å²) in [6.07, 6.45) is -1.83. The summed E-state index contributed by atoms with van der Waals surface area (Å²) in [5, 5.41) is 3.35. The number of halogens is 3. The van der Waals surface area contributed by atoms with Gasteiger partial charge in [0.1, 0.15) is 0 Å². The van der Waals surface area contributed by atoms with Gasteiger partial charge in [-0.1, -0.05) is 18.2 Å². The second kappa shape index (κ2) is 5.92. The van der Waals surface area contributed by atoms with Crippen molar-refractivity contribution in [3.05, 3.63) is 35.4 Å². The molecule has 106 valence electrons. The van der Waals surface area contributed by atoms with Gasteiger partial charge in [0.15, 0.2) is 0 Å². The van der Waals surface area contributed by atoms with Gasteiger partial charge < -0.3 is 10.2 Å². The zero-order chi connectivity index (χ0) is 13.9. The highest BCUT2D eigenvalue weighted by Gasteiger charge is 2.32. The summed E-state index contributed by atoms with van der Waals surface area (Å²) in [4.78, 5) is 1.92. The molecule has 1 aromatic carbocycles. The van der Waals surface area contributed by atoms with Gasteiger partial charge in [0.2, 0.25) is 0 Å². The van der Waals surface area contributed by atoms with E-state index in [1.165, 1.54) is 18.9 Å². The summed E-state index contributed by atoms with van der Waals surface area (Å²) >= 11 is 0. The minimum atomic E-state index is -4.27. The van der Waals surface area contributed by atoms with Crippen LogP contribution in [0.2, 0.25) is 0 Å². The Bertz CT molecular complexity index is 413. The van der Waals surface area contributed by atoms with Gasteiger partial charge in [-0.15, -0.1) is 0 Å². The molecule has 19 heavy (non-hydrogen) atoms. The van der Waals surface area contributed by atoms with Crippen molar-refractivity contribution in [2.45, 2.75) is 31.6 Å². The number of benzene rings is 1. The van der Waals surface area contributed by atoms with Crippen LogP contribution in [0.25, 0.3) is 0 Å². The van der Waals surface area contributed by atoms with E-state index in [2.05, 4.69) is 5.32 Å². The maximum atomic E-state index is 12.8. The quantitative estimate of drug-likeness (QED) is 0.856. The molecule has 0 saturated heterocycles. The SMILES string of the molecule is CN(CCNC1CC1)Cc1ccccc1C(F)(F)F. The van der Waals surface area contributed by atoms with E-state index in [0.717, 1.165) is 19.2 Å². The third-order valence-electron chi connectivity index (χ3n) is 3.27. The van der Waals surface area contributed by atoms with Crippen molar-refractivity contribution in [3.63, 3.8) is 0 Å². The summed E-state index contributed by atoms with van der Waals surface area (Å²) in [5.41, 5.74) is -0.194. The maximum Gasteiger partial charge on any atom is 0.416 e. The van der Waals surface area contributed by atoms with Crippen LogP contribution in [0.5, 0.6) is 0 Å². The Hall–Kier alpha value is -1.07. The van der Waals surface area contributed by atoms with E-state index in [1.807, 2.05) is 11.9 Å². The van der Waals surface area contributed by atoms with Crippen molar-refractivity contribution in [1.82, 2.24) is 10.2 Å². The predicted molar refractivity (Wildman–Crippen MR) is 68.8 cm³/mol. The normalized spacial score (nSPS) is 16.1. The molecule has 2 nitrogen and oxygen atoms in total. The van der Waals surface area contributed by atoms with Crippen LogP contribution in [0.1, 0.15) is 24.0 Å². The highest BCUT2D eigenvalue weighted by molar-refractivity contribution is 5.29. The minimum absolute atomic E-state index is 0.321. The molecule has 1 aromatic rings. The van der Waals surface area contributed by atoms with Gasteiger partial charge in [0, 0.05) is 25.7 Å². The minimum Gasteiger partial charge on any atom is -0.313 e. The van der Waals surface area contributed by atoms with E-state index in [-0.39, 0.29) is 0 Å². The smallest absolute Gasteiger partial charge is 0.313 e. The molecule has 1 aliphatic rings. The van der Waals surface area contributed by atoms with Crippen molar-refractivity contribution in [3.8, 4) is 0 Å². The lowest BCUT2D eigenvalue weighted by atomic mass is 10.1. The summed E-state index contributed by atoms with van der Waals surface area (Å²) in [5.74, 6) is 0. The third kappa shape index (κ3) is 4.51. The summed E-state index contributed by atoms with van der Waals surface area (Å²) < 4.78 is 38.5. The molecule has 2 rings (SSSR count). The van der Waals surface area contributed by atoms with Gasteiger partial charge in [-0.2, -0.15) is 13.2 Å². The molecular weight excluding hydrogens is 253 g/mol. The van der Waals surface area contributed by atoms with Crippen LogP contribution < -0.4 is 5.32 Å². The maximum absolute atomic E-state index is 12.8. The molecule has 0 unspecified atom stereocenters. The zero-order valence-electron chi connectivity index (χ0n) is 11.0. The van der Waals surface area contributed by atoms with E-state index in [0.29, 0.717) is 18.2 Å². The lowest BCUT2D eigenvalue weighted by molar-refractivity contribution is -0.138. The van der Waals surface area contributed by atoms with E-state index in [1.54, 1.807) is 12.1 Å². The third-order valence-corrected chi connectivity index (χ3v) is 3.27. The van der Waals surface area contributed by atoms with Crippen LogP contribution in [0.4, 0.5) is 13.2 Å². The molecular formula is C14H19F3N2. The standard InChI is InChI=1S/C14H19F3N2/c1-19(9-8-18-12-6-7-12)10-11-4-2-3-5-13(11)14(15,16)17/h2-5,12,18H,6-10H2,1H3. The van der Waals surface area contributed by atoms with E-state index in [4.69, 9.17) is 0 Å². The van der Waals surface area contributed by atoms with Crippen LogP contribution in [0.3, 0.4) is 0 Å². The lowest BCUT2D eigenvalue weighted by Gasteiger charge is -2.20. The summed E-state index contributed by atoms with van der Waals surface area (Å²) in [7, 11) is 1.85.